The summed E-state index contributed by atoms with van der Waals surface area (Å²) in [5.74, 6) is 0.767. The second-order valence-electron chi connectivity index (χ2n) is 4.33. The zero-order chi connectivity index (χ0) is 14.5. The van der Waals surface area contributed by atoms with Crippen LogP contribution in [0.1, 0.15) is 23.7 Å². The van der Waals surface area contributed by atoms with Gasteiger partial charge in [0.15, 0.2) is 0 Å². The van der Waals surface area contributed by atoms with E-state index in [1.54, 1.807) is 6.92 Å². The second kappa shape index (κ2) is 6.02. The Morgan fingerprint density at radius 2 is 2.20 bits per heavy atom. The molecule has 20 heavy (non-hydrogen) atoms. The average Bonchev–Trinajstić information content (AvgIpc) is 2.43. The minimum Gasteiger partial charge on any atom is -0.494 e. The first-order valence-corrected chi connectivity index (χ1v) is 6.34. The lowest BCUT2D eigenvalue weighted by Gasteiger charge is -2.08. The summed E-state index contributed by atoms with van der Waals surface area (Å²) < 4.78 is 6.77. The summed E-state index contributed by atoms with van der Waals surface area (Å²) in [5, 5.41) is 13.0. The zero-order valence-corrected chi connectivity index (χ0v) is 11.5. The number of rotatable bonds is 4. The van der Waals surface area contributed by atoms with Crippen molar-refractivity contribution in [2.45, 2.75) is 20.4 Å². The van der Waals surface area contributed by atoms with Gasteiger partial charge in [-0.3, -0.25) is 4.79 Å². The molecule has 0 radical (unpaired) electrons. The third-order valence-electron chi connectivity index (χ3n) is 2.84. The molecule has 0 spiro atoms. The highest BCUT2D eigenvalue weighted by molar-refractivity contribution is 5.31. The first-order chi connectivity index (χ1) is 9.63. The van der Waals surface area contributed by atoms with E-state index < -0.39 is 0 Å². The molecule has 0 amide bonds. The number of aromatic nitrogens is 2. The predicted molar refractivity (Wildman–Crippen MR) is 74.7 cm³/mol. The van der Waals surface area contributed by atoms with Crippen molar-refractivity contribution < 1.29 is 4.74 Å². The summed E-state index contributed by atoms with van der Waals surface area (Å²) in [6.45, 7) is 4.58. The van der Waals surface area contributed by atoms with Crippen LogP contribution < -0.4 is 10.3 Å². The highest BCUT2D eigenvalue weighted by Crippen LogP contribution is 2.13. The van der Waals surface area contributed by atoms with Crippen molar-refractivity contribution in [3.05, 3.63) is 57.5 Å². The topological polar surface area (TPSA) is 67.9 Å². The molecule has 1 aromatic carbocycles. The van der Waals surface area contributed by atoms with Crippen LogP contribution in [0.4, 0.5) is 0 Å². The monoisotopic (exact) mass is 269 g/mol. The molecular formula is C15H15N3O2. The highest BCUT2D eigenvalue weighted by Gasteiger charge is 2.06. The van der Waals surface area contributed by atoms with Crippen molar-refractivity contribution in [3.8, 4) is 11.8 Å². The summed E-state index contributed by atoms with van der Waals surface area (Å²) in [5.41, 5.74) is 1.51. The first-order valence-electron chi connectivity index (χ1n) is 6.34. The van der Waals surface area contributed by atoms with E-state index in [1.807, 2.05) is 37.3 Å². The van der Waals surface area contributed by atoms with Gasteiger partial charge in [-0.25, -0.2) is 4.68 Å². The maximum Gasteiger partial charge on any atom is 0.268 e. The average molecular weight is 269 g/mol. The van der Waals surface area contributed by atoms with Gasteiger partial charge in [-0.2, -0.15) is 10.4 Å². The van der Waals surface area contributed by atoms with E-state index in [1.165, 1.54) is 10.7 Å². The molecule has 0 saturated carbocycles. The van der Waals surface area contributed by atoms with Crippen molar-refractivity contribution in [1.29, 1.82) is 5.26 Å². The van der Waals surface area contributed by atoms with Crippen LogP contribution in [0.25, 0.3) is 0 Å². The fourth-order valence-corrected chi connectivity index (χ4v) is 1.89. The van der Waals surface area contributed by atoms with Gasteiger partial charge in [0.25, 0.3) is 5.56 Å². The van der Waals surface area contributed by atoms with Crippen LogP contribution in [0.3, 0.4) is 0 Å². The van der Waals surface area contributed by atoms with E-state index in [4.69, 9.17) is 10.00 Å². The molecule has 102 valence electrons. The summed E-state index contributed by atoms with van der Waals surface area (Å²) >= 11 is 0. The summed E-state index contributed by atoms with van der Waals surface area (Å²) in [6.07, 6.45) is 0. The number of ether oxygens (including phenoxy) is 1. The van der Waals surface area contributed by atoms with Crippen LogP contribution in [0.5, 0.6) is 5.75 Å². The van der Waals surface area contributed by atoms with E-state index in [-0.39, 0.29) is 5.56 Å². The molecule has 0 aliphatic heterocycles. The molecule has 0 atom stereocenters. The van der Waals surface area contributed by atoms with Gasteiger partial charge in [-0.1, -0.05) is 12.1 Å². The van der Waals surface area contributed by atoms with Gasteiger partial charge >= 0.3 is 0 Å². The van der Waals surface area contributed by atoms with Crippen molar-refractivity contribution >= 4 is 0 Å². The first kappa shape index (κ1) is 13.8. The quantitative estimate of drug-likeness (QED) is 0.849. The van der Waals surface area contributed by atoms with Gasteiger partial charge in [0.2, 0.25) is 0 Å². The highest BCUT2D eigenvalue weighted by atomic mass is 16.5. The number of aryl methyl sites for hydroxylation is 1. The Balaban J connectivity index is 2.31. The molecule has 0 fully saturated rings. The normalized spacial score (nSPS) is 10.1. The summed E-state index contributed by atoms with van der Waals surface area (Å²) in [6, 6.07) is 10.8. The van der Waals surface area contributed by atoms with Gasteiger partial charge in [-0.05, 0) is 31.5 Å². The van der Waals surface area contributed by atoms with E-state index in [0.29, 0.717) is 24.4 Å². The Labute approximate surface area is 117 Å². The maximum absolute atomic E-state index is 11.9. The fourth-order valence-electron chi connectivity index (χ4n) is 1.89. The molecule has 0 saturated heterocycles. The van der Waals surface area contributed by atoms with Crippen molar-refractivity contribution in [1.82, 2.24) is 9.78 Å². The summed E-state index contributed by atoms with van der Waals surface area (Å²) in [4.78, 5) is 11.9. The van der Waals surface area contributed by atoms with E-state index in [2.05, 4.69) is 5.10 Å². The molecule has 1 heterocycles. The third kappa shape index (κ3) is 3.04. The molecule has 5 heteroatoms. The van der Waals surface area contributed by atoms with E-state index in [9.17, 15) is 4.79 Å². The Hall–Kier alpha value is -2.61. The van der Waals surface area contributed by atoms with Crippen LogP contribution in [0.2, 0.25) is 0 Å². The Morgan fingerprint density at radius 3 is 2.90 bits per heavy atom. The van der Waals surface area contributed by atoms with Gasteiger partial charge in [0.05, 0.1) is 24.4 Å². The largest absolute Gasteiger partial charge is 0.494 e. The minimum absolute atomic E-state index is 0.283. The molecule has 0 unspecified atom stereocenters. The lowest BCUT2D eigenvalue weighted by Crippen LogP contribution is -2.24. The van der Waals surface area contributed by atoms with Crippen molar-refractivity contribution in [2.24, 2.45) is 0 Å². The number of benzene rings is 1. The number of nitriles is 1. The molecule has 0 N–H and O–H groups in total. The van der Waals surface area contributed by atoms with Gasteiger partial charge < -0.3 is 4.74 Å². The van der Waals surface area contributed by atoms with Gasteiger partial charge in [-0.15, -0.1) is 0 Å². The number of hydrogen-bond acceptors (Lipinski definition) is 4. The third-order valence-corrected chi connectivity index (χ3v) is 2.84. The molecular weight excluding hydrogens is 254 g/mol. The molecule has 5 nitrogen and oxygen atoms in total. The molecule has 0 aliphatic carbocycles. The molecule has 2 rings (SSSR count). The van der Waals surface area contributed by atoms with Gasteiger partial charge in [0.1, 0.15) is 11.8 Å². The SMILES string of the molecule is CCOc1cccc(Cn2nc(C)c(C#N)cc2=O)c1. The number of nitrogens with zero attached hydrogens (tertiary/aromatic N) is 3. The Bertz CT molecular complexity index is 714. The Morgan fingerprint density at radius 1 is 1.40 bits per heavy atom. The lowest BCUT2D eigenvalue weighted by atomic mass is 10.2. The Kier molecular flexibility index (Phi) is 4.16. The van der Waals surface area contributed by atoms with Crippen LogP contribution in [-0.2, 0) is 6.54 Å². The number of hydrogen-bond donors (Lipinski definition) is 0. The molecule has 0 aliphatic rings. The van der Waals surface area contributed by atoms with E-state index in [0.717, 1.165) is 11.3 Å². The second-order valence-corrected chi connectivity index (χ2v) is 4.33. The fraction of sp³-hybridized carbons (Fsp3) is 0.267. The van der Waals surface area contributed by atoms with E-state index >= 15 is 0 Å². The molecule has 2 aromatic rings. The molecule has 0 bridgehead atoms. The van der Waals surface area contributed by atoms with Crippen molar-refractivity contribution in [2.75, 3.05) is 6.61 Å². The maximum atomic E-state index is 11.9. The standard InChI is InChI=1S/C15H15N3O2/c1-3-20-14-6-4-5-12(7-14)10-18-15(19)8-13(9-16)11(2)17-18/h4-8H,3,10H2,1-2H3. The molecule has 1 aromatic heterocycles. The van der Waals surface area contributed by atoms with Crippen LogP contribution in [0.15, 0.2) is 35.1 Å². The predicted octanol–water partition coefficient (Wildman–Crippen LogP) is 1.87. The lowest BCUT2D eigenvalue weighted by molar-refractivity contribution is 0.339. The van der Waals surface area contributed by atoms with Crippen molar-refractivity contribution in [3.63, 3.8) is 0 Å². The van der Waals surface area contributed by atoms with Crippen LogP contribution in [0, 0.1) is 18.3 Å². The van der Waals surface area contributed by atoms with Gasteiger partial charge in [0, 0.05) is 6.07 Å². The van der Waals surface area contributed by atoms with Crippen LogP contribution in [-0.4, -0.2) is 16.4 Å². The minimum atomic E-state index is -0.283. The summed E-state index contributed by atoms with van der Waals surface area (Å²) in [7, 11) is 0. The smallest absolute Gasteiger partial charge is 0.268 e. The zero-order valence-electron chi connectivity index (χ0n) is 11.5. The van der Waals surface area contributed by atoms with Crippen LogP contribution >= 0.6 is 0 Å².